The first-order chi connectivity index (χ1) is 8.04. The Balaban J connectivity index is 2.46. The van der Waals surface area contributed by atoms with Crippen molar-refractivity contribution in [1.82, 2.24) is 10.6 Å². The Morgan fingerprint density at radius 1 is 1.12 bits per heavy atom. The molecule has 7 heteroatoms. The van der Waals surface area contributed by atoms with E-state index in [4.69, 9.17) is 11.5 Å². The molecule has 0 radical (unpaired) electrons. The van der Waals surface area contributed by atoms with Crippen molar-refractivity contribution >= 4 is 17.7 Å². The van der Waals surface area contributed by atoms with E-state index in [-0.39, 0.29) is 18.2 Å². The molecule has 0 bridgehead atoms. The predicted octanol–water partition coefficient (Wildman–Crippen LogP) is -2.03. The number of amides is 3. The molecule has 2 unspecified atom stereocenters. The molecule has 7 nitrogen and oxygen atoms in total. The molecule has 0 saturated carbocycles. The van der Waals surface area contributed by atoms with E-state index < -0.39 is 18.0 Å². The lowest BCUT2D eigenvalue weighted by Crippen LogP contribution is -2.62. The third-order valence-electron chi connectivity index (χ3n) is 2.62. The molecule has 1 saturated heterocycles. The molecular weight excluding hydrogens is 224 g/mol. The summed E-state index contributed by atoms with van der Waals surface area (Å²) < 4.78 is 0. The molecule has 2 atom stereocenters. The summed E-state index contributed by atoms with van der Waals surface area (Å²) in [4.78, 5) is 33.9. The van der Waals surface area contributed by atoms with Crippen LogP contribution in [0.4, 0.5) is 0 Å². The summed E-state index contributed by atoms with van der Waals surface area (Å²) in [5.74, 6) is -1.25. The van der Waals surface area contributed by atoms with Crippen molar-refractivity contribution in [3.8, 4) is 0 Å². The van der Waals surface area contributed by atoms with Gasteiger partial charge in [0.05, 0.1) is 6.42 Å². The smallest absolute Gasteiger partial charge is 0.243 e. The van der Waals surface area contributed by atoms with Crippen molar-refractivity contribution < 1.29 is 14.4 Å². The molecule has 0 aromatic heterocycles. The zero-order chi connectivity index (χ0) is 12.8. The van der Waals surface area contributed by atoms with E-state index >= 15 is 0 Å². The van der Waals surface area contributed by atoms with Gasteiger partial charge in [-0.25, -0.2) is 0 Å². The Labute approximate surface area is 99.3 Å². The van der Waals surface area contributed by atoms with Gasteiger partial charge < -0.3 is 22.1 Å². The fourth-order valence-corrected chi connectivity index (χ4v) is 1.72. The molecule has 0 aromatic rings. The van der Waals surface area contributed by atoms with Gasteiger partial charge in [0.15, 0.2) is 0 Å². The van der Waals surface area contributed by atoms with Crippen LogP contribution < -0.4 is 22.1 Å². The quantitative estimate of drug-likeness (QED) is 0.401. The average molecular weight is 242 g/mol. The van der Waals surface area contributed by atoms with Crippen molar-refractivity contribution in [3.63, 3.8) is 0 Å². The van der Waals surface area contributed by atoms with E-state index in [1.54, 1.807) is 0 Å². The Hall–Kier alpha value is -1.63. The number of rotatable bonds is 6. The minimum absolute atomic E-state index is 0.174. The first kappa shape index (κ1) is 13.4. The van der Waals surface area contributed by atoms with E-state index in [2.05, 4.69) is 10.6 Å². The summed E-state index contributed by atoms with van der Waals surface area (Å²) in [6, 6.07) is -1.37. The predicted molar refractivity (Wildman–Crippen MR) is 60.6 cm³/mol. The van der Waals surface area contributed by atoms with Gasteiger partial charge in [0.2, 0.25) is 17.7 Å². The lowest BCUT2D eigenvalue weighted by atomic mass is 10.0. The van der Waals surface area contributed by atoms with Crippen LogP contribution in [0.2, 0.25) is 0 Å². The number of primary amides is 1. The lowest BCUT2D eigenvalue weighted by Gasteiger charge is -2.29. The Morgan fingerprint density at radius 3 is 2.29 bits per heavy atom. The van der Waals surface area contributed by atoms with Crippen LogP contribution in [-0.4, -0.2) is 36.3 Å². The van der Waals surface area contributed by atoms with E-state index in [0.29, 0.717) is 13.0 Å². The summed E-state index contributed by atoms with van der Waals surface area (Å²) in [5.41, 5.74) is 10.3. The monoisotopic (exact) mass is 242 g/mol. The average Bonchev–Trinajstić information content (AvgIpc) is 2.24. The second-order valence-corrected chi connectivity index (χ2v) is 4.08. The fourth-order valence-electron chi connectivity index (χ4n) is 1.72. The molecule has 0 spiro atoms. The Bertz CT molecular complexity index is 319. The van der Waals surface area contributed by atoms with Crippen LogP contribution in [0.1, 0.15) is 25.7 Å². The molecule has 96 valence electrons. The Kier molecular flexibility index (Phi) is 4.89. The second-order valence-electron chi connectivity index (χ2n) is 4.08. The minimum Gasteiger partial charge on any atom is -0.370 e. The SMILES string of the molecule is NCCCCC1NC(=O)C(CC(N)=O)NC1=O. The van der Waals surface area contributed by atoms with Crippen LogP contribution in [0.15, 0.2) is 0 Å². The largest absolute Gasteiger partial charge is 0.370 e. The van der Waals surface area contributed by atoms with Crippen molar-refractivity contribution in [2.24, 2.45) is 11.5 Å². The van der Waals surface area contributed by atoms with Crippen LogP contribution in [-0.2, 0) is 14.4 Å². The fraction of sp³-hybridized carbons (Fsp3) is 0.700. The molecule has 1 heterocycles. The Morgan fingerprint density at radius 2 is 1.71 bits per heavy atom. The maximum atomic E-state index is 11.6. The van der Waals surface area contributed by atoms with Gasteiger partial charge in [0, 0.05) is 0 Å². The zero-order valence-corrected chi connectivity index (χ0v) is 9.57. The third-order valence-corrected chi connectivity index (χ3v) is 2.62. The molecule has 1 aliphatic heterocycles. The van der Waals surface area contributed by atoms with Gasteiger partial charge in [-0.15, -0.1) is 0 Å². The minimum atomic E-state index is -0.842. The highest BCUT2D eigenvalue weighted by Crippen LogP contribution is 2.07. The van der Waals surface area contributed by atoms with Crippen molar-refractivity contribution in [2.45, 2.75) is 37.8 Å². The number of hydrogen-bond donors (Lipinski definition) is 4. The van der Waals surface area contributed by atoms with Crippen LogP contribution in [0, 0.1) is 0 Å². The normalized spacial score (nSPS) is 24.1. The third kappa shape index (κ3) is 4.03. The number of hydrogen-bond acceptors (Lipinski definition) is 4. The van der Waals surface area contributed by atoms with Gasteiger partial charge in [-0.1, -0.05) is 0 Å². The maximum Gasteiger partial charge on any atom is 0.243 e. The van der Waals surface area contributed by atoms with Gasteiger partial charge >= 0.3 is 0 Å². The van der Waals surface area contributed by atoms with Gasteiger partial charge in [-0.05, 0) is 25.8 Å². The molecular formula is C10H18N4O3. The molecule has 3 amide bonds. The number of piperazine rings is 1. The highest BCUT2D eigenvalue weighted by Gasteiger charge is 2.33. The molecule has 17 heavy (non-hydrogen) atoms. The van der Waals surface area contributed by atoms with Crippen molar-refractivity contribution in [1.29, 1.82) is 0 Å². The van der Waals surface area contributed by atoms with Crippen molar-refractivity contribution in [3.05, 3.63) is 0 Å². The first-order valence-corrected chi connectivity index (χ1v) is 5.63. The van der Waals surface area contributed by atoms with Crippen molar-refractivity contribution in [2.75, 3.05) is 6.54 Å². The van der Waals surface area contributed by atoms with Gasteiger partial charge in [-0.3, -0.25) is 14.4 Å². The highest BCUT2D eigenvalue weighted by molar-refractivity contribution is 5.98. The van der Waals surface area contributed by atoms with Gasteiger partial charge in [0.25, 0.3) is 0 Å². The van der Waals surface area contributed by atoms with E-state index in [1.807, 2.05) is 0 Å². The summed E-state index contributed by atoms with van der Waals surface area (Å²) in [6.07, 6.45) is 1.96. The van der Waals surface area contributed by atoms with Gasteiger partial charge in [0.1, 0.15) is 12.1 Å². The second kappa shape index (κ2) is 6.19. The number of carbonyl (C=O) groups is 3. The molecule has 0 aliphatic carbocycles. The molecule has 1 fully saturated rings. The lowest BCUT2D eigenvalue weighted by molar-refractivity contribution is -0.138. The molecule has 1 rings (SSSR count). The highest BCUT2D eigenvalue weighted by atomic mass is 16.2. The standard InChI is InChI=1S/C10H18N4O3/c11-4-2-1-3-6-9(16)14-7(5-8(12)15)10(17)13-6/h6-7H,1-5,11H2,(H2,12,15)(H,13,17)(H,14,16). The molecule has 0 aromatic carbocycles. The maximum absolute atomic E-state index is 11.6. The summed E-state index contributed by atoms with van der Waals surface area (Å²) >= 11 is 0. The number of nitrogens with two attached hydrogens (primary N) is 2. The van der Waals surface area contributed by atoms with E-state index in [9.17, 15) is 14.4 Å². The topological polar surface area (TPSA) is 127 Å². The van der Waals surface area contributed by atoms with Gasteiger partial charge in [-0.2, -0.15) is 0 Å². The van der Waals surface area contributed by atoms with E-state index in [0.717, 1.165) is 12.8 Å². The van der Waals surface area contributed by atoms with Crippen LogP contribution in [0.5, 0.6) is 0 Å². The number of nitrogens with one attached hydrogen (secondary N) is 2. The van der Waals surface area contributed by atoms with E-state index in [1.165, 1.54) is 0 Å². The molecule has 6 N–H and O–H groups in total. The van der Waals surface area contributed by atoms with Crippen LogP contribution >= 0.6 is 0 Å². The summed E-state index contributed by atoms with van der Waals surface area (Å²) in [6.45, 7) is 0.562. The number of unbranched alkanes of at least 4 members (excludes halogenated alkanes) is 1. The van der Waals surface area contributed by atoms with Crippen LogP contribution in [0.25, 0.3) is 0 Å². The first-order valence-electron chi connectivity index (χ1n) is 5.63. The summed E-state index contributed by atoms with van der Waals surface area (Å²) in [7, 11) is 0. The zero-order valence-electron chi connectivity index (χ0n) is 9.57. The number of carbonyl (C=O) groups excluding carboxylic acids is 3. The van der Waals surface area contributed by atoms with Crippen LogP contribution in [0.3, 0.4) is 0 Å². The summed E-state index contributed by atoms with van der Waals surface area (Å²) in [5, 5.41) is 5.07. The molecule has 1 aliphatic rings.